The number of hydrogen-bond acceptors (Lipinski definition) is 5. The summed E-state index contributed by atoms with van der Waals surface area (Å²) in [5.74, 6) is 2.95. The molecule has 6 nitrogen and oxygen atoms in total. The van der Waals surface area contributed by atoms with Crippen molar-refractivity contribution in [1.29, 1.82) is 0 Å². The van der Waals surface area contributed by atoms with Crippen molar-refractivity contribution in [3.8, 4) is 0 Å². The molecule has 1 saturated carbocycles. The fraction of sp³-hybridized carbons (Fsp3) is 0.895. The van der Waals surface area contributed by atoms with Crippen LogP contribution in [0.2, 0.25) is 0 Å². The highest BCUT2D eigenvalue weighted by molar-refractivity contribution is 5.04. The second kappa shape index (κ2) is 7.72. The minimum absolute atomic E-state index is 0.594. The third-order valence-electron chi connectivity index (χ3n) is 6.70. The zero-order chi connectivity index (χ0) is 17.2. The van der Waals surface area contributed by atoms with Crippen molar-refractivity contribution in [2.75, 3.05) is 46.3 Å². The highest BCUT2D eigenvalue weighted by Crippen LogP contribution is 2.31. The smallest absolute Gasteiger partial charge is 0.146 e. The van der Waals surface area contributed by atoms with Gasteiger partial charge in [-0.1, -0.05) is 12.8 Å². The van der Waals surface area contributed by atoms with Crippen molar-refractivity contribution in [1.82, 2.24) is 29.5 Å². The fourth-order valence-electron chi connectivity index (χ4n) is 4.87. The molecule has 1 aromatic heterocycles. The third-order valence-corrected chi connectivity index (χ3v) is 6.70. The van der Waals surface area contributed by atoms with Crippen molar-refractivity contribution in [3.05, 3.63) is 11.6 Å². The van der Waals surface area contributed by atoms with Crippen LogP contribution in [0.3, 0.4) is 0 Å². The van der Waals surface area contributed by atoms with Crippen molar-refractivity contribution in [2.45, 2.75) is 57.0 Å². The first-order valence-corrected chi connectivity index (χ1v) is 10.2. The molecule has 0 bridgehead atoms. The summed E-state index contributed by atoms with van der Waals surface area (Å²) in [7, 11) is 4.37. The predicted octanol–water partition coefficient (Wildman–Crippen LogP) is 1.68. The second-order valence-corrected chi connectivity index (χ2v) is 8.36. The third kappa shape index (κ3) is 3.91. The molecular formula is C19H34N6. The van der Waals surface area contributed by atoms with Crippen LogP contribution >= 0.6 is 0 Å². The predicted molar refractivity (Wildman–Crippen MR) is 99.6 cm³/mol. The number of aromatic nitrogens is 3. The van der Waals surface area contributed by atoms with Crippen LogP contribution in [-0.2, 0) is 13.6 Å². The Kier molecular flexibility index (Phi) is 5.39. The largest absolute Gasteiger partial charge is 0.317 e. The summed E-state index contributed by atoms with van der Waals surface area (Å²) in [6.07, 6.45) is 8.20. The van der Waals surface area contributed by atoms with E-state index in [1.54, 1.807) is 0 Å². The minimum Gasteiger partial charge on any atom is -0.317 e. The molecule has 2 saturated heterocycles. The molecule has 0 radical (unpaired) electrons. The lowest BCUT2D eigenvalue weighted by molar-refractivity contribution is 0.143. The molecule has 0 amide bonds. The fourth-order valence-corrected chi connectivity index (χ4v) is 4.87. The van der Waals surface area contributed by atoms with Crippen LogP contribution in [0.1, 0.15) is 56.1 Å². The number of piperidine rings is 1. The van der Waals surface area contributed by atoms with Gasteiger partial charge in [-0.15, -0.1) is 10.2 Å². The maximum absolute atomic E-state index is 4.60. The van der Waals surface area contributed by atoms with Gasteiger partial charge in [0.1, 0.15) is 11.6 Å². The Bertz CT molecular complexity index is 548. The van der Waals surface area contributed by atoms with Gasteiger partial charge in [-0.05, 0) is 45.8 Å². The molecule has 0 unspecified atom stereocenters. The van der Waals surface area contributed by atoms with Crippen LogP contribution in [0.5, 0.6) is 0 Å². The van der Waals surface area contributed by atoms with E-state index in [4.69, 9.17) is 0 Å². The molecular weight excluding hydrogens is 312 g/mol. The Labute approximate surface area is 152 Å². The minimum atomic E-state index is 0.594. The van der Waals surface area contributed by atoms with E-state index in [1.165, 1.54) is 57.4 Å². The van der Waals surface area contributed by atoms with Gasteiger partial charge in [-0.2, -0.15) is 0 Å². The van der Waals surface area contributed by atoms with E-state index in [1.807, 2.05) is 0 Å². The molecule has 140 valence electrons. The molecule has 0 spiro atoms. The quantitative estimate of drug-likeness (QED) is 0.830. The van der Waals surface area contributed by atoms with Gasteiger partial charge in [-0.25, -0.2) is 0 Å². The van der Waals surface area contributed by atoms with Crippen LogP contribution in [0.25, 0.3) is 0 Å². The molecule has 0 N–H and O–H groups in total. The van der Waals surface area contributed by atoms with Crippen molar-refractivity contribution in [2.24, 2.45) is 7.05 Å². The molecule has 4 rings (SSSR count). The van der Waals surface area contributed by atoms with E-state index in [0.717, 1.165) is 44.6 Å². The zero-order valence-corrected chi connectivity index (χ0v) is 16.0. The summed E-state index contributed by atoms with van der Waals surface area (Å²) in [4.78, 5) is 7.65. The Morgan fingerprint density at radius 3 is 2.20 bits per heavy atom. The molecule has 1 aliphatic carbocycles. The highest BCUT2D eigenvalue weighted by atomic mass is 15.3. The van der Waals surface area contributed by atoms with Crippen LogP contribution in [0.15, 0.2) is 0 Å². The topological polar surface area (TPSA) is 40.4 Å². The van der Waals surface area contributed by atoms with E-state index < -0.39 is 0 Å². The number of rotatable bonds is 4. The first kappa shape index (κ1) is 17.4. The average molecular weight is 347 g/mol. The van der Waals surface area contributed by atoms with Gasteiger partial charge in [0.05, 0.1) is 6.54 Å². The first-order chi connectivity index (χ1) is 12.2. The van der Waals surface area contributed by atoms with Crippen molar-refractivity contribution < 1.29 is 0 Å². The van der Waals surface area contributed by atoms with Gasteiger partial charge in [0.2, 0.25) is 0 Å². The molecule has 3 heterocycles. The van der Waals surface area contributed by atoms with Crippen LogP contribution in [0.4, 0.5) is 0 Å². The summed E-state index contributed by atoms with van der Waals surface area (Å²) < 4.78 is 2.29. The lowest BCUT2D eigenvalue weighted by Crippen LogP contribution is -2.44. The number of likely N-dealkylation sites (tertiary alicyclic amines) is 1. The molecule has 1 aromatic rings. The van der Waals surface area contributed by atoms with Crippen molar-refractivity contribution >= 4 is 0 Å². The van der Waals surface area contributed by atoms with Crippen LogP contribution in [0, 0.1) is 0 Å². The normalized spacial score (nSPS) is 25.8. The summed E-state index contributed by atoms with van der Waals surface area (Å²) >= 11 is 0. The lowest BCUT2D eigenvalue weighted by Gasteiger charge is -2.35. The van der Waals surface area contributed by atoms with E-state index in [2.05, 4.69) is 43.6 Å². The van der Waals surface area contributed by atoms with Crippen LogP contribution < -0.4 is 0 Å². The number of likely N-dealkylation sites (N-methyl/N-ethyl adjacent to an activating group) is 1. The molecule has 3 aliphatic rings. The van der Waals surface area contributed by atoms with Gasteiger partial charge in [0.25, 0.3) is 0 Å². The second-order valence-electron chi connectivity index (χ2n) is 8.36. The molecule has 3 fully saturated rings. The molecule has 0 aromatic carbocycles. The standard InChI is InChI=1S/C19H34N6/c1-22-11-13-24(14-12-22)15-18-20-21-19(23(18)2)16-7-9-25(10-8-16)17-5-3-4-6-17/h16-17H,3-15H2,1-2H3. The lowest BCUT2D eigenvalue weighted by atomic mass is 9.94. The van der Waals surface area contributed by atoms with Crippen molar-refractivity contribution in [3.63, 3.8) is 0 Å². The average Bonchev–Trinajstić information content (AvgIpc) is 3.28. The van der Waals surface area contributed by atoms with Crippen LogP contribution in [-0.4, -0.2) is 81.8 Å². The van der Waals surface area contributed by atoms with E-state index >= 15 is 0 Å². The summed E-state index contributed by atoms with van der Waals surface area (Å²) in [5, 5.41) is 9.14. The maximum Gasteiger partial charge on any atom is 0.146 e. The summed E-state index contributed by atoms with van der Waals surface area (Å²) in [6.45, 7) is 8.02. The SMILES string of the molecule is CN1CCN(Cc2nnc(C3CCN(C4CCCC4)CC3)n2C)CC1. The molecule has 0 atom stereocenters. The first-order valence-electron chi connectivity index (χ1n) is 10.2. The van der Waals surface area contributed by atoms with E-state index in [-0.39, 0.29) is 0 Å². The van der Waals surface area contributed by atoms with Gasteiger partial charge in [0.15, 0.2) is 0 Å². The Hall–Kier alpha value is -0.980. The van der Waals surface area contributed by atoms with Gasteiger partial charge in [-0.3, -0.25) is 4.90 Å². The molecule has 6 heteroatoms. The number of hydrogen-bond donors (Lipinski definition) is 0. The van der Waals surface area contributed by atoms with E-state index in [9.17, 15) is 0 Å². The molecule has 25 heavy (non-hydrogen) atoms. The molecule has 2 aliphatic heterocycles. The van der Waals surface area contributed by atoms with Gasteiger partial charge >= 0.3 is 0 Å². The zero-order valence-electron chi connectivity index (χ0n) is 16.0. The van der Waals surface area contributed by atoms with E-state index in [0.29, 0.717) is 5.92 Å². The Balaban J connectivity index is 1.33. The number of nitrogens with zero attached hydrogens (tertiary/aromatic N) is 6. The highest BCUT2D eigenvalue weighted by Gasteiger charge is 2.30. The summed E-state index contributed by atoms with van der Waals surface area (Å²) in [5.41, 5.74) is 0. The monoisotopic (exact) mass is 346 g/mol. The summed E-state index contributed by atoms with van der Waals surface area (Å²) in [6, 6.07) is 0.869. The van der Waals surface area contributed by atoms with Gasteiger partial charge < -0.3 is 14.4 Å². The maximum atomic E-state index is 4.60. The van der Waals surface area contributed by atoms with Gasteiger partial charge in [0, 0.05) is 45.2 Å². The Morgan fingerprint density at radius 2 is 1.52 bits per heavy atom. The number of piperazine rings is 1. The Morgan fingerprint density at radius 1 is 0.840 bits per heavy atom.